The quantitative estimate of drug-likeness (QED) is 0.784. The Morgan fingerprint density at radius 1 is 0.958 bits per heavy atom. The lowest BCUT2D eigenvalue weighted by molar-refractivity contribution is 0.0747. The van der Waals surface area contributed by atoms with Crippen molar-refractivity contribution in [2.45, 2.75) is 0 Å². The summed E-state index contributed by atoms with van der Waals surface area (Å²) in [5.41, 5.74) is 2.87. The van der Waals surface area contributed by atoms with Crippen molar-refractivity contribution in [1.29, 1.82) is 0 Å². The zero-order valence-electron chi connectivity index (χ0n) is 13.1. The Hall–Kier alpha value is -3.02. The highest BCUT2D eigenvalue weighted by molar-refractivity contribution is 5.94. The van der Waals surface area contributed by atoms with Crippen molar-refractivity contribution in [3.05, 3.63) is 64.6 Å². The summed E-state index contributed by atoms with van der Waals surface area (Å²) in [5, 5.41) is 0. The molecule has 1 aliphatic rings. The van der Waals surface area contributed by atoms with E-state index in [0.29, 0.717) is 42.8 Å². The lowest BCUT2D eigenvalue weighted by Crippen LogP contribution is -2.48. The van der Waals surface area contributed by atoms with E-state index >= 15 is 0 Å². The molecule has 1 aromatic heterocycles. The van der Waals surface area contributed by atoms with Gasteiger partial charge in [-0.15, -0.1) is 0 Å². The van der Waals surface area contributed by atoms with Gasteiger partial charge in [0.15, 0.2) is 5.58 Å². The number of nitrogens with zero attached hydrogens (tertiary/aromatic N) is 2. The Bertz CT molecular complexity index is 921. The molecule has 1 saturated heterocycles. The summed E-state index contributed by atoms with van der Waals surface area (Å²) in [6, 6.07) is 15.0. The van der Waals surface area contributed by atoms with Crippen LogP contribution in [-0.4, -0.2) is 42.0 Å². The Morgan fingerprint density at radius 2 is 1.71 bits per heavy atom. The first-order valence-corrected chi connectivity index (χ1v) is 7.93. The number of carbonyl (C=O) groups excluding carboxylic acids is 1. The summed E-state index contributed by atoms with van der Waals surface area (Å²) < 4.78 is 5.26. The van der Waals surface area contributed by atoms with Gasteiger partial charge in [-0.25, -0.2) is 4.79 Å². The molecule has 4 rings (SSSR count). The van der Waals surface area contributed by atoms with Crippen LogP contribution in [0.1, 0.15) is 10.4 Å². The number of aromatic amines is 1. The summed E-state index contributed by atoms with van der Waals surface area (Å²) in [6.45, 7) is 2.68. The van der Waals surface area contributed by atoms with E-state index < -0.39 is 5.76 Å². The van der Waals surface area contributed by atoms with Crippen molar-refractivity contribution in [3.63, 3.8) is 0 Å². The first kappa shape index (κ1) is 14.6. The van der Waals surface area contributed by atoms with E-state index in [2.05, 4.69) is 9.88 Å². The second-order valence-corrected chi connectivity index (χ2v) is 5.81. The number of para-hydroxylation sites is 1. The SMILES string of the molecule is O=C(c1ccccc1)N1CCN(c2cccc3[nH]c(=O)oc23)CC1. The zero-order chi connectivity index (χ0) is 16.5. The molecule has 0 bridgehead atoms. The monoisotopic (exact) mass is 323 g/mol. The van der Waals surface area contributed by atoms with Gasteiger partial charge >= 0.3 is 5.76 Å². The average molecular weight is 323 g/mol. The highest BCUT2D eigenvalue weighted by Gasteiger charge is 2.23. The maximum absolute atomic E-state index is 12.5. The predicted molar refractivity (Wildman–Crippen MR) is 91.4 cm³/mol. The number of aromatic nitrogens is 1. The highest BCUT2D eigenvalue weighted by Crippen LogP contribution is 2.26. The van der Waals surface area contributed by atoms with Gasteiger partial charge in [0.05, 0.1) is 11.2 Å². The van der Waals surface area contributed by atoms with Crippen molar-refractivity contribution in [3.8, 4) is 0 Å². The normalized spacial score (nSPS) is 15.0. The average Bonchev–Trinajstić information content (AvgIpc) is 3.02. The third-order valence-electron chi connectivity index (χ3n) is 4.35. The molecular weight excluding hydrogens is 306 g/mol. The third-order valence-corrected chi connectivity index (χ3v) is 4.35. The fourth-order valence-corrected chi connectivity index (χ4v) is 3.12. The molecule has 1 aliphatic heterocycles. The lowest BCUT2D eigenvalue weighted by Gasteiger charge is -2.36. The molecule has 0 spiro atoms. The molecule has 6 nitrogen and oxygen atoms in total. The number of oxazole rings is 1. The Labute approximate surface area is 138 Å². The van der Waals surface area contributed by atoms with Gasteiger partial charge in [-0.2, -0.15) is 0 Å². The van der Waals surface area contributed by atoms with E-state index in [9.17, 15) is 9.59 Å². The lowest BCUT2D eigenvalue weighted by atomic mass is 10.1. The number of hydrogen-bond acceptors (Lipinski definition) is 4. The molecule has 3 aromatic rings. The fraction of sp³-hybridized carbons (Fsp3) is 0.222. The molecule has 1 N–H and O–H groups in total. The predicted octanol–water partition coefficient (Wildman–Crippen LogP) is 2.08. The van der Waals surface area contributed by atoms with E-state index in [-0.39, 0.29) is 5.91 Å². The molecule has 0 saturated carbocycles. The largest absolute Gasteiger partial charge is 0.417 e. The minimum absolute atomic E-state index is 0.0571. The molecule has 0 atom stereocenters. The molecule has 1 fully saturated rings. The minimum Gasteiger partial charge on any atom is -0.406 e. The number of nitrogens with one attached hydrogen (secondary N) is 1. The van der Waals surface area contributed by atoms with Crippen LogP contribution in [0.25, 0.3) is 11.1 Å². The first-order valence-electron chi connectivity index (χ1n) is 7.93. The summed E-state index contributed by atoms with van der Waals surface area (Å²) in [4.78, 5) is 30.6. The number of carbonyl (C=O) groups is 1. The van der Waals surface area contributed by atoms with Crippen LogP contribution in [0.2, 0.25) is 0 Å². The van der Waals surface area contributed by atoms with Crippen LogP contribution in [-0.2, 0) is 0 Å². The molecule has 0 radical (unpaired) electrons. The van der Waals surface area contributed by atoms with E-state index in [4.69, 9.17) is 4.42 Å². The van der Waals surface area contributed by atoms with Crippen molar-refractivity contribution >= 4 is 22.7 Å². The molecule has 1 amide bonds. The highest BCUT2D eigenvalue weighted by atomic mass is 16.4. The second kappa shape index (κ2) is 5.88. The van der Waals surface area contributed by atoms with Gasteiger partial charge in [-0.3, -0.25) is 9.78 Å². The van der Waals surface area contributed by atoms with Crippen LogP contribution in [0, 0.1) is 0 Å². The van der Waals surface area contributed by atoms with E-state index in [1.165, 1.54) is 0 Å². The van der Waals surface area contributed by atoms with Crippen molar-refractivity contribution in [1.82, 2.24) is 9.88 Å². The smallest absolute Gasteiger partial charge is 0.406 e. The molecule has 6 heteroatoms. The summed E-state index contributed by atoms with van der Waals surface area (Å²) in [5.74, 6) is -0.392. The number of anilines is 1. The number of fused-ring (bicyclic) bond motifs is 1. The molecule has 122 valence electrons. The van der Waals surface area contributed by atoms with Crippen LogP contribution in [0.15, 0.2) is 57.7 Å². The van der Waals surface area contributed by atoms with Gasteiger partial charge in [0.25, 0.3) is 5.91 Å². The van der Waals surface area contributed by atoms with Gasteiger partial charge in [-0.1, -0.05) is 24.3 Å². The number of hydrogen-bond donors (Lipinski definition) is 1. The van der Waals surface area contributed by atoms with Crippen LogP contribution in [0.4, 0.5) is 5.69 Å². The van der Waals surface area contributed by atoms with E-state index in [1.807, 2.05) is 53.4 Å². The maximum atomic E-state index is 12.5. The Balaban J connectivity index is 1.52. The van der Waals surface area contributed by atoms with Crippen LogP contribution >= 0.6 is 0 Å². The molecular formula is C18H17N3O3. The molecule has 2 heterocycles. The summed E-state index contributed by atoms with van der Waals surface area (Å²) >= 11 is 0. The number of piperazine rings is 1. The third kappa shape index (κ3) is 2.56. The standard InChI is InChI=1S/C18H17N3O3/c22-17(13-5-2-1-3-6-13)21-11-9-20(10-12-21)15-8-4-7-14-16(15)24-18(23)19-14/h1-8H,9-12H2,(H,19,23). The zero-order valence-corrected chi connectivity index (χ0v) is 13.1. The Kier molecular flexibility index (Phi) is 3.57. The topological polar surface area (TPSA) is 69.6 Å². The van der Waals surface area contributed by atoms with Crippen LogP contribution < -0.4 is 10.7 Å². The first-order chi connectivity index (χ1) is 11.7. The van der Waals surface area contributed by atoms with Crippen molar-refractivity contribution in [2.75, 3.05) is 31.1 Å². The molecule has 0 unspecified atom stereocenters. The van der Waals surface area contributed by atoms with Crippen molar-refractivity contribution < 1.29 is 9.21 Å². The van der Waals surface area contributed by atoms with Gasteiger partial charge in [0.2, 0.25) is 0 Å². The van der Waals surface area contributed by atoms with Crippen LogP contribution in [0.3, 0.4) is 0 Å². The molecule has 0 aliphatic carbocycles. The van der Waals surface area contributed by atoms with Gasteiger partial charge in [-0.05, 0) is 24.3 Å². The number of H-pyrrole nitrogens is 1. The van der Waals surface area contributed by atoms with Gasteiger partial charge < -0.3 is 14.2 Å². The van der Waals surface area contributed by atoms with Crippen LogP contribution in [0.5, 0.6) is 0 Å². The maximum Gasteiger partial charge on any atom is 0.417 e. The summed E-state index contributed by atoms with van der Waals surface area (Å²) in [6.07, 6.45) is 0. The van der Waals surface area contributed by atoms with Crippen molar-refractivity contribution in [2.24, 2.45) is 0 Å². The van der Waals surface area contributed by atoms with E-state index in [1.54, 1.807) is 0 Å². The summed E-state index contributed by atoms with van der Waals surface area (Å²) in [7, 11) is 0. The van der Waals surface area contributed by atoms with E-state index in [0.717, 1.165) is 5.69 Å². The molecule has 24 heavy (non-hydrogen) atoms. The fourth-order valence-electron chi connectivity index (χ4n) is 3.12. The second-order valence-electron chi connectivity index (χ2n) is 5.81. The van der Waals surface area contributed by atoms with Gasteiger partial charge in [0.1, 0.15) is 0 Å². The number of rotatable bonds is 2. The molecule has 2 aromatic carbocycles. The number of amides is 1. The van der Waals surface area contributed by atoms with Gasteiger partial charge in [0, 0.05) is 31.7 Å². The Morgan fingerprint density at radius 3 is 2.46 bits per heavy atom. The minimum atomic E-state index is -0.449. The number of benzene rings is 2.